The minimum absolute atomic E-state index is 0.0105. The van der Waals surface area contributed by atoms with Crippen LogP contribution in [-0.4, -0.2) is 29.1 Å². The number of aromatic hydroxyl groups is 1. The van der Waals surface area contributed by atoms with E-state index < -0.39 is 0 Å². The van der Waals surface area contributed by atoms with Crippen molar-refractivity contribution in [1.82, 2.24) is 9.78 Å². The molecule has 1 aliphatic heterocycles. The fourth-order valence-corrected chi connectivity index (χ4v) is 3.77. The molecule has 27 heavy (non-hydrogen) atoms. The van der Waals surface area contributed by atoms with Gasteiger partial charge in [0, 0.05) is 16.8 Å². The van der Waals surface area contributed by atoms with Crippen LogP contribution >= 0.6 is 0 Å². The van der Waals surface area contributed by atoms with Crippen LogP contribution in [0.3, 0.4) is 0 Å². The van der Waals surface area contributed by atoms with E-state index in [9.17, 15) is 5.11 Å². The number of fused-ring (bicyclic) bond motifs is 3. The SMILES string of the molecule is COc1cc([C@H]2Nc3c(C)cc(C)cc3-c3cc(C)nn32)cc(OC)c1O. The average Bonchev–Trinajstić information content (AvgIpc) is 3.03. The average molecular weight is 365 g/mol. The maximum Gasteiger partial charge on any atom is 0.200 e. The predicted octanol–water partition coefficient (Wildman–Crippen LogP) is 4.17. The lowest BCUT2D eigenvalue weighted by atomic mass is 9.98. The molecule has 4 rings (SSSR count). The summed E-state index contributed by atoms with van der Waals surface area (Å²) < 4.78 is 12.6. The first kappa shape index (κ1) is 17.3. The van der Waals surface area contributed by atoms with E-state index in [1.807, 2.05) is 23.7 Å². The van der Waals surface area contributed by atoms with Crippen molar-refractivity contribution in [3.8, 4) is 28.5 Å². The van der Waals surface area contributed by atoms with Crippen molar-refractivity contribution in [2.24, 2.45) is 0 Å². The van der Waals surface area contributed by atoms with Gasteiger partial charge >= 0.3 is 0 Å². The number of ether oxygens (including phenoxy) is 2. The zero-order chi connectivity index (χ0) is 19.3. The monoisotopic (exact) mass is 365 g/mol. The second-order valence-electron chi connectivity index (χ2n) is 6.94. The van der Waals surface area contributed by atoms with Gasteiger partial charge in [-0.25, -0.2) is 4.68 Å². The van der Waals surface area contributed by atoms with Crippen LogP contribution in [0.15, 0.2) is 30.3 Å². The number of phenols is 1. The molecule has 0 unspecified atom stereocenters. The summed E-state index contributed by atoms with van der Waals surface area (Å²) in [5.74, 6) is 0.717. The number of benzene rings is 2. The minimum atomic E-state index is -0.244. The number of nitrogens with zero attached hydrogens (tertiary/aromatic N) is 2. The Kier molecular flexibility index (Phi) is 3.98. The van der Waals surface area contributed by atoms with E-state index in [0.29, 0.717) is 11.5 Å². The maximum absolute atomic E-state index is 10.3. The van der Waals surface area contributed by atoms with Gasteiger partial charge in [-0.3, -0.25) is 0 Å². The molecule has 0 amide bonds. The van der Waals surface area contributed by atoms with Crippen LogP contribution in [0.25, 0.3) is 11.3 Å². The van der Waals surface area contributed by atoms with Gasteiger partial charge in [-0.2, -0.15) is 5.10 Å². The van der Waals surface area contributed by atoms with Gasteiger partial charge in [-0.05, 0) is 50.6 Å². The summed E-state index contributed by atoms with van der Waals surface area (Å²) in [4.78, 5) is 0. The second kappa shape index (κ2) is 6.23. The molecule has 0 radical (unpaired) electrons. The quantitative estimate of drug-likeness (QED) is 0.729. The van der Waals surface area contributed by atoms with Crippen LogP contribution in [-0.2, 0) is 0 Å². The Balaban J connectivity index is 1.93. The van der Waals surface area contributed by atoms with E-state index in [-0.39, 0.29) is 11.9 Å². The summed E-state index contributed by atoms with van der Waals surface area (Å²) in [6, 6.07) is 10.1. The van der Waals surface area contributed by atoms with Gasteiger partial charge in [0.05, 0.1) is 25.6 Å². The predicted molar refractivity (Wildman–Crippen MR) is 105 cm³/mol. The van der Waals surface area contributed by atoms with Crippen molar-refractivity contribution < 1.29 is 14.6 Å². The van der Waals surface area contributed by atoms with Gasteiger partial charge < -0.3 is 19.9 Å². The van der Waals surface area contributed by atoms with E-state index in [2.05, 4.69) is 37.4 Å². The summed E-state index contributed by atoms with van der Waals surface area (Å²) in [6.07, 6.45) is -0.244. The number of aromatic nitrogens is 2. The number of rotatable bonds is 3. The lowest BCUT2D eigenvalue weighted by Gasteiger charge is -2.31. The topological polar surface area (TPSA) is 68.5 Å². The van der Waals surface area contributed by atoms with Crippen LogP contribution in [0.2, 0.25) is 0 Å². The molecule has 6 heteroatoms. The number of anilines is 1. The van der Waals surface area contributed by atoms with E-state index >= 15 is 0 Å². The van der Waals surface area contributed by atoms with Gasteiger partial charge in [0.15, 0.2) is 11.5 Å². The lowest BCUT2D eigenvalue weighted by molar-refractivity contribution is 0.338. The summed E-state index contributed by atoms with van der Waals surface area (Å²) in [5, 5.41) is 18.6. The lowest BCUT2D eigenvalue weighted by Crippen LogP contribution is -2.26. The highest BCUT2D eigenvalue weighted by Crippen LogP contribution is 2.44. The van der Waals surface area contributed by atoms with Gasteiger partial charge in [0.25, 0.3) is 0 Å². The Bertz CT molecular complexity index is 1010. The largest absolute Gasteiger partial charge is 0.502 e. The molecule has 1 atom stereocenters. The Morgan fingerprint density at radius 1 is 1.00 bits per heavy atom. The summed E-state index contributed by atoms with van der Waals surface area (Å²) in [5.41, 5.74) is 7.51. The maximum atomic E-state index is 10.3. The normalized spacial score (nSPS) is 14.9. The Hall–Kier alpha value is -3.15. The minimum Gasteiger partial charge on any atom is -0.502 e. The van der Waals surface area contributed by atoms with Crippen molar-refractivity contribution in [3.05, 3.63) is 52.7 Å². The highest BCUT2D eigenvalue weighted by Gasteiger charge is 2.29. The molecular weight excluding hydrogens is 342 g/mol. The standard InChI is InChI=1S/C21H23N3O3/c1-11-6-12(2)19-15(7-11)16-8-13(3)23-24(16)21(22-19)14-9-17(26-4)20(25)18(10-14)27-5/h6-10,21-22,25H,1-5H3/t21-/m0/s1. The molecule has 6 nitrogen and oxygen atoms in total. The molecule has 2 heterocycles. The van der Waals surface area contributed by atoms with Crippen molar-refractivity contribution >= 4 is 5.69 Å². The van der Waals surface area contributed by atoms with Gasteiger partial charge in [-0.1, -0.05) is 11.6 Å². The van der Waals surface area contributed by atoms with Crippen molar-refractivity contribution in [1.29, 1.82) is 0 Å². The number of phenolic OH excluding ortho intramolecular Hbond substituents is 1. The van der Waals surface area contributed by atoms with Gasteiger partial charge in [0.1, 0.15) is 6.17 Å². The molecule has 0 bridgehead atoms. The second-order valence-corrected chi connectivity index (χ2v) is 6.94. The third-order valence-corrected chi connectivity index (χ3v) is 4.96. The molecule has 0 fully saturated rings. The fourth-order valence-electron chi connectivity index (χ4n) is 3.77. The Morgan fingerprint density at radius 3 is 2.30 bits per heavy atom. The van der Waals surface area contributed by atoms with Gasteiger partial charge in [-0.15, -0.1) is 0 Å². The fraction of sp³-hybridized carbons (Fsp3) is 0.286. The van der Waals surface area contributed by atoms with Crippen molar-refractivity contribution in [2.45, 2.75) is 26.9 Å². The molecule has 1 aromatic heterocycles. The molecule has 140 valence electrons. The van der Waals surface area contributed by atoms with Crippen LogP contribution in [0.4, 0.5) is 5.69 Å². The number of nitrogens with one attached hydrogen (secondary N) is 1. The van der Waals surface area contributed by atoms with Crippen LogP contribution in [0.1, 0.15) is 28.6 Å². The molecule has 1 aliphatic rings. The van der Waals surface area contributed by atoms with E-state index in [1.165, 1.54) is 25.3 Å². The van der Waals surface area contributed by atoms with Crippen LogP contribution in [0, 0.1) is 20.8 Å². The van der Waals surface area contributed by atoms with Crippen LogP contribution < -0.4 is 14.8 Å². The summed E-state index contributed by atoms with van der Waals surface area (Å²) in [6.45, 7) is 6.19. The van der Waals surface area contributed by atoms with E-state index in [0.717, 1.165) is 28.2 Å². The smallest absolute Gasteiger partial charge is 0.200 e. The van der Waals surface area contributed by atoms with Crippen molar-refractivity contribution in [2.75, 3.05) is 19.5 Å². The zero-order valence-corrected chi connectivity index (χ0v) is 16.1. The third-order valence-electron chi connectivity index (χ3n) is 4.96. The molecule has 2 N–H and O–H groups in total. The molecule has 3 aromatic rings. The number of methoxy groups -OCH3 is 2. The molecule has 0 saturated carbocycles. The molecule has 0 saturated heterocycles. The van der Waals surface area contributed by atoms with E-state index in [4.69, 9.17) is 14.6 Å². The third kappa shape index (κ3) is 2.68. The number of hydrogen-bond donors (Lipinski definition) is 2. The first-order valence-electron chi connectivity index (χ1n) is 8.82. The molecular formula is C21H23N3O3. The molecule has 0 aliphatic carbocycles. The highest BCUT2D eigenvalue weighted by molar-refractivity contribution is 5.82. The Morgan fingerprint density at radius 2 is 1.67 bits per heavy atom. The first-order chi connectivity index (χ1) is 12.9. The van der Waals surface area contributed by atoms with Gasteiger partial charge in [0.2, 0.25) is 5.75 Å². The highest BCUT2D eigenvalue weighted by atomic mass is 16.5. The number of aryl methyl sites for hydroxylation is 3. The molecule has 2 aromatic carbocycles. The van der Waals surface area contributed by atoms with E-state index in [1.54, 1.807) is 0 Å². The Labute approximate surface area is 158 Å². The number of hydrogen-bond acceptors (Lipinski definition) is 5. The first-order valence-corrected chi connectivity index (χ1v) is 8.82. The zero-order valence-electron chi connectivity index (χ0n) is 16.1. The molecule has 0 spiro atoms. The summed E-state index contributed by atoms with van der Waals surface area (Å²) in [7, 11) is 3.05. The van der Waals surface area contributed by atoms with Crippen LogP contribution in [0.5, 0.6) is 17.2 Å². The summed E-state index contributed by atoms with van der Waals surface area (Å²) >= 11 is 0. The van der Waals surface area contributed by atoms with Crippen molar-refractivity contribution in [3.63, 3.8) is 0 Å².